The molecular formula is C17H17BrN4O2. The van der Waals surface area contributed by atoms with Crippen molar-refractivity contribution in [2.24, 2.45) is 5.92 Å². The molecule has 1 aliphatic rings. The number of carbonyl (C=O) groups excluding carboxylic acids is 1. The minimum atomic E-state index is -0.157. The van der Waals surface area contributed by atoms with Gasteiger partial charge in [0.2, 0.25) is 0 Å². The van der Waals surface area contributed by atoms with Crippen LogP contribution in [0.1, 0.15) is 18.5 Å². The van der Waals surface area contributed by atoms with E-state index in [0.717, 1.165) is 28.3 Å². The molecule has 2 aromatic rings. The van der Waals surface area contributed by atoms with Crippen LogP contribution in [-0.4, -0.2) is 35.3 Å². The van der Waals surface area contributed by atoms with E-state index in [1.54, 1.807) is 12.4 Å². The van der Waals surface area contributed by atoms with Crippen LogP contribution in [0.25, 0.3) is 16.6 Å². The van der Waals surface area contributed by atoms with E-state index in [1.165, 1.54) is 13.3 Å². The first-order valence-electron chi connectivity index (χ1n) is 7.58. The first-order chi connectivity index (χ1) is 11.6. The number of esters is 1. The van der Waals surface area contributed by atoms with E-state index in [2.05, 4.69) is 31.2 Å². The maximum absolute atomic E-state index is 11.4. The van der Waals surface area contributed by atoms with Gasteiger partial charge in [0.1, 0.15) is 0 Å². The van der Waals surface area contributed by atoms with Gasteiger partial charge >= 0.3 is 5.97 Å². The van der Waals surface area contributed by atoms with Crippen molar-refractivity contribution in [2.45, 2.75) is 18.9 Å². The second-order valence-electron chi connectivity index (χ2n) is 5.69. The van der Waals surface area contributed by atoms with Crippen LogP contribution >= 0.6 is 15.9 Å². The van der Waals surface area contributed by atoms with Gasteiger partial charge in [-0.3, -0.25) is 9.78 Å². The second kappa shape index (κ2) is 7.09. The summed E-state index contributed by atoms with van der Waals surface area (Å²) < 4.78 is 5.66. The van der Waals surface area contributed by atoms with Gasteiger partial charge in [-0.2, -0.15) is 0 Å². The zero-order valence-corrected chi connectivity index (χ0v) is 14.7. The smallest absolute Gasteiger partial charge is 0.308 e. The second-order valence-corrected chi connectivity index (χ2v) is 6.60. The van der Waals surface area contributed by atoms with E-state index in [0.29, 0.717) is 11.3 Å². The van der Waals surface area contributed by atoms with Gasteiger partial charge in [0.25, 0.3) is 0 Å². The molecule has 0 amide bonds. The standard InChI is InChI=1S/C17H17BrN4O2/c1-24-17(23)10-4-13(5-10)20-8-11(7-19)16-9-21-14-3-2-12(18)6-15(14)22-16/h2-3,6-10,13,19-20H,4-5H2,1H3/b11-8+,19-7?. The fourth-order valence-corrected chi connectivity index (χ4v) is 2.98. The number of nitrogens with zero attached hydrogens (tertiary/aromatic N) is 2. The number of hydrogen-bond donors (Lipinski definition) is 2. The lowest BCUT2D eigenvalue weighted by Crippen LogP contribution is -2.42. The molecule has 7 heteroatoms. The highest BCUT2D eigenvalue weighted by atomic mass is 79.9. The predicted molar refractivity (Wildman–Crippen MR) is 95.7 cm³/mol. The highest BCUT2D eigenvalue weighted by Crippen LogP contribution is 2.28. The molecule has 0 aliphatic heterocycles. The van der Waals surface area contributed by atoms with Crippen molar-refractivity contribution in [1.29, 1.82) is 5.41 Å². The SMILES string of the molecule is COC(=O)C1CC(N/C=C(\C=N)c2cnc3ccc(Br)cc3n2)C1. The predicted octanol–water partition coefficient (Wildman–Crippen LogP) is 2.92. The fraction of sp³-hybridized carbons (Fsp3) is 0.294. The van der Waals surface area contributed by atoms with Gasteiger partial charge in [0.05, 0.1) is 36.0 Å². The minimum Gasteiger partial charge on any atom is -0.469 e. The Morgan fingerprint density at radius 1 is 1.42 bits per heavy atom. The Labute approximate surface area is 148 Å². The van der Waals surface area contributed by atoms with Gasteiger partial charge in [0, 0.05) is 28.5 Å². The number of ether oxygens (including phenoxy) is 1. The van der Waals surface area contributed by atoms with Gasteiger partial charge < -0.3 is 15.5 Å². The molecule has 0 spiro atoms. The van der Waals surface area contributed by atoms with Gasteiger partial charge in [0.15, 0.2) is 0 Å². The van der Waals surface area contributed by atoms with Crippen LogP contribution in [0.4, 0.5) is 0 Å². The highest BCUT2D eigenvalue weighted by Gasteiger charge is 2.34. The number of aromatic nitrogens is 2. The number of halogens is 1. The zero-order chi connectivity index (χ0) is 17.1. The highest BCUT2D eigenvalue weighted by molar-refractivity contribution is 9.10. The molecule has 0 atom stereocenters. The molecule has 124 valence electrons. The maximum atomic E-state index is 11.4. The van der Waals surface area contributed by atoms with E-state index in [4.69, 9.17) is 10.1 Å². The number of nitrogens with one attached hydrogen (secondary N) is 2. The summed E-state index contributed by atoms with van der Waals surface area (Å²) in [6, 6.07) is 5.92. The topological polar surface area (TPSA) is 88.0 Å². The van der Waals surface area contributed by atoms with Crippen molar-refractivity contribution >= 4 is 44.7 Å². The monoisotopic (exact) mass is 388 g/mol. The number of methoxy groups -OCH3 is 1. The van der Waals surface area contributed by atoms with Crippen molar-refractivity contribution in [2.75, 3.05) is 7.11 Å². The zero-order valence-electron chi connectivity index (χ0n) is 13.1. The molecule has 1 aliphatic carbocycles. The number of benzene rings is 1. The summed E-state index contributed by atoms with van der Waals surface area (Å²) in [6.07, 6.45) is 6.15. The minimum absolute atomic E-state index is 0.0258. The molecule has 1 saturated carbocycles. The average molecular weight is 389 g/mol. The number of carbonyl (C=O) groups is 1. The number of fused-ring (bicyclic) bond motifs is 1. The summed E-state index contributed by atoms with van der Waals surface area (Å²) in [6.45, 7) is 0. The number of rotatable bonds is 5. The summed E-state index contributed by atoms with van der Waals surface area (Å²) in [5.41, 5.74) is 2.85. The molecule has 0 saturated heterocycles. The Morgan fingerprint density at radius 3 is 2.92 bits per heavy atom. The third kappa shape index (κ3) is 3.46. The molecule has 1 aromatic heterocycles. The third-order valence-corrected chi connectivity index (χ3v) is 4.60. The van der Waals surface area contributed by atoms with Crippen molar-refractivity contribution in [1.82, 2.24) is 15.3 Å². The lowest BCUT2D eigenvalue weighted by molar-refractivity contribution is -0.149. The molecule has 2 N–H and O–H groups in total. The largest absolute Gasteiger partial charge is 0.469 e. The average Bonchev–Trinajstić information content (AvgIpc) is 2.55. The van der Waals surface area contributed by atoms with Crippen LogP contribution in [0.3, 0.4) is 0 Å². The lowest BCUT2D eigenvalue weighted by Gasteiger charge is -2.33. The molecule has 24 heavy (non-hydrogen) atoms. The summed E-state index contributed by atoms with van der Waals surface area (Å²) in [5, 5.41) is 10.9. The summed E-state index contributed by atoms with van der Waals surface area (Å²) in [7, 11) is 1.41. The van der Waals surface area contributed by atoms with Crippen molar-refractivity contribution in [3.63, 3.8) is 0 Å². The van der Waals surface area contributed by atoms with Crippen LogP contribution in [0.15, 0.2) is 35.1 Å². The molecule has 1 aromatic carbocycles. The first-order valence-corrected chi connectivity index (χ1v) is 8.37. The molecule has 0 bridgehead atoms. The van der Waals surface area contributed by atoms with Crippen LogP contribution in [0, 0.1) is 11.3 Å². The quantitative estimate of drug-likeness (QED) is 0.607. The van der Waals surface area contributed by atoms with Crippen LogP contribution < -0.4 is 5.32 Å². The summed E-state index contributed by atoms with van der Waals surface area (Å²) in [5.74, 6) is -0.183. The Hall–Kier alpha value is -2.28. The molecule has 0 unspecified atom stereocenters. The van der Waals surface area contributed by atoms with E-state index < -0.39 is 0 Å². The van der Waals surface area contributed by atoms with E-state index in [-0.39, 0.29) is 17.9 Å². The first kappa shape index (κ1) is 16.6. The normalized spacial score (nSPS) is 20.3. The number of allylic oxidation sites excluding steroid dienone is 1. The molecule has 0 radical (unpaired) electrons. The Morgan fingerprint density at radius 2 is 2.21 bits per heavy atom. The molecule has 1 heterocycles. The van der Waals surface area contributed by atoms with E-state index >= 15 is 0 Å². The maximum Gasteiger partial charge on any atom is 0.308 e. The van der Waals surface area contributed by atoms with Gasteiger partial charge in [-0.25, -0.2) is 4.98 Å². The van der Waals surface area contributed by atoms with Crippen LogP contribution in [0.5, 0.6) is 0 Å². The van der Waals surface area contributed by atoms with Crippen molar-refractivity contribution in [3.8, 4) is 0 Å². The van der Waals surface area contributed by atoms with Crippen LogP contribution in [-0.2, 0) is 9.53 Å². The van der Waals surface area contributed by atoms with Crippen molar-refractivity contribution in [3.05, 3.63) is 40.8 Å². The van der Waals surface area contributed by atoms with Gasteiger partial charge in [-0.15, -0.1) is 0 Å². The molecule has 1 fully saturated rings. The number of hydrogen-bond acceptors (Lipinski definition) is 6. The lowest BCUT2D eigenvalue weighted by atomic mass is 9.80. The van der Waals surface area contributed by atoms with Crippen LogP contribution in [0.2, 0.25) is 0 Å². The van der Waals surface area contributed by atoms with E-state index in [9.17, 15) is 4.79 Å². The molecule has 3 rings (SSSR count). The van der Waals surface area contributed by atoms with E-state index in [1.807, 2.05) is 18.2 Å². The Balaban J connectivity index is 1.72. The fourth-order valence-electron chi connectivity index (χ4n) is 2.63. The molecule has 6 nitrogen and oxygen atoms in total. The molecular weight excluding hydrogens is 372 g/mol. The summed E-state index contributed by atoms with van der Waals surface area (Å²) in [4.78, 5) is 20.3. The Kier molecular flexibility index (Phi) is 4.89. The summed E-state index contributed by atoms with van der Waals surface area (Å²) >= 11 is 3.42. The van der Waals surface area contributed by atoms with Gasteiger partial charge in [-0.1, -0.05) is 15.9 Å². The third-order valence-electron chi connectivity index (χ3n) is 4.10. The Bertz CT molecular complexity index is 815. The van der Waals surface area contributed by atoms with Gasteiger partial charge in [-0.05, 0) is 31.0 Å². The van der Waals surface area contributed by atoms with Crippen molar-refractivity contribution < 1.29 is 9.53 Å².